The number of H-pyrrole nitrogens is 1. The number of hydrogen-bond acceptors (Lipinski definition) is 5. The maximum Gasteiger partial charge on any atom is 0.256 e. The number of ether oxygens (including phenoxy) is 2. The molecule has 3 aromatic rings. The van der Waals surface area contributed by atoms with Gasteiger partial charge >= 0.3 is 0 Å². The number of carbonyl (C=O) groups is 1. The highest BCUT2D eigenvalue weighted by Gasteiger charge is 2.27. The lowest BCUT2D eigenvalue weighted by Gasteiger charge is -2.32. The highest BCUT2D eigenvalue weighted by atomic mass is 16.5. The average molecular weight is 352 g/mol. The Kier molecular flexibility index (Phi) is 4.43. The standard InChI is InChI=1S/C19H20N4O3/c1-25-17-8-9-18(22-21-17)26-13-5-4-10-23(12-13)19(24)15-11-20-16-7-3-2-6-14(15)16/h2-3,6-9,11,13,20H,4-5,10,12H2,1H3. The Morgan fingerprint density at radius 1 is 1.19 bits per heavy atom. The van der Waals surface area contributed by atoms with Crippen molar-refractivity contribution < 1.29 is 14.3 Å². The first kappa shape index (κ1) is 16.4. The van der Waals surface area contributed by atoms with Crippen molar-refractivity contribution >= 4 is 16.8 Å². The number of para-hydroxylation sites is 1. The molecule has 0 bridgehead atoms. The number of aromatic nitrogens is 3. The molecule has 0 radical (unpaired) electrons. The van der Waals surface area contributed by atoms with Crippen molar-refractivity contribution in [3.05, 3.63) is 48.2 Å². The predicted molar refractivity (Wildman–Crippen MR) is 96.4 cm³/mol. The summed E-state index contributed by atoms with van der Waals surface area (Å²) in [5.74, 6) is 0.908. The van der Waals surface area contributed by atoms with Crippen molar-refractivity contribution in [1.82, 2.24) is 20.1 Å². The largest absolute Gasteiger partial charge is 0.480 e. The summed E-state index contributed by atoms with van der Waals surface area (Å²) in [5.41, 5.74) is 1.67. The minimum atomic E-state index is -0.0967. The molecule has 0 saturated carbocycles. The number of benzene rings is 1. The molecule has 0 spiro atoms. The smallest absolute Gasteiger partial charge is 0.256 e. The summed E-state index contributed by atoms with van der Waals surface area (Å²) < 4.78 is 10.9. The summed E-state index contributed by atoms with van der Waals surface area (Å²) in [7, 11) is 1.54. The van der Waals surface area contributed by atoms with Crippen LogP contribution in [0.5, 0.6) is 11.8 Å². The number of amides is 1. The molecule has 1 aliphatic heterocycles. The number of piperidine rings is 1. The van der Waals surface area contributed by atoms with E-state index in [0.717, 1.165) is 30.3 Å². The van der Waals surface area contributed by atoms with Gasteiger partial charge in [-0.3, -0.25) is 4.79 Å². The fraction of sp³-hybridized carbons (Fsp3) is 0.316. The van der Waals surface area contributed by atoms with E-state index in [2.05, 4.69) is 15.2 Å². The van der Waals surface area contributed by atoms with Gasteiger partial charge in [-0.2, -0.15) is 0 Å². The van der Waals surface area contributed by atoms with Crippen molar-refractivity contribution in [1.29, 1.82) is 0 Å². The fourth-order valence-corrected chi connectivity index (χ4v) is 3.29. The summed E-state index contributed by atoms with van der Waals surface area (Å²) in [5, 5.41) is 8.85. The first-order valence-corrected chi connectivity index (χ1v) is 8.64. The molecule has 26 heavy (non-hydrogen) atoms. The molecular weight excluding hydrogens is 332 g/mol. The van der Waals surface area contributed by atoms with Crippen LogP contribution in [0.25, 0.3) is 10.9 Å². The van der Waals surface area contributed by atoms with E-state index in [1.165, 1.54) is 0 Å². The third kappa shape index (κ3) is 3.20. The molecule has 1 atom stereocenters. The Morgan fingerprint density at radius 2 is 2.00 bits per heavy atom. The van der Waals surface area contributed by atoms with Gasteiger partial charge in [0, 0.05) is 35.8 Å². The van der Waals surface area contributed by atoms with Crippen LogP contribution in [0, 0.1) is 0 Å². The van der Waals surface area contributed by atoms with Crippen molar-refractivity contribution in [2.24, 2.45) is 0 Å². The van der Waals surface area contributed by atoms with Crippen LogP contribution >= 0.6 is 0 Å². The average Bonchev–Trinajstić information content (AvgIpc) is 3.12. The van der Waals surface area contributed by atoms with Crippen molar-refractivity contribution in [3.8, 4) is 11.8 Å². The number of hydrogen-bond donors (Lipinski definition) is 1. The Bertz CT molecular complexity index is 907. The molecule has 1 aromatic carbocycles. The normalized spacial score (nSPS) is 17.3. The summed E-state index contributed by atoms with van der Waals surface area (Å²) in [6, 6.07) is 11.3. The summed E-state index contributed by atoms with van der Waals surface area (Å²) in [4.78, 5) is 18.0. The number of aromatic amines is 1. The van der Waals surface area contributed by atoms with E-state index in [-0.39, 0.29) is 12.0 Å². The van der Waals surface area contributed by atoms with E-state index in [1.54, 1.807) is 25.4 Å². The number of fused-ring (bicyclic) bond motifs is 1. The highest BCUT2D eigenvalue weighted by molar-refractivity contribution is 6.06. The SMILES string of the molecule is COc1ccc(OC2CCCN(C(=O)c3c[nH]c4ccccc34)C2)nn1. The molecular formula is C19H20N4O3. The lowest BCUT2D eigenvalue weighted by Crippen LogP contribution is -2.44. The lowest BCUT2D eigenvalue weighted by molar-refractivity contribution is 0.0527. The Hall–Kier alpha value is -3.09. The third-order valence-electron chi connectivity index (χ3n) is 4.60. The van der Waals surface area contributed by atoms with Gasteiger partial charge in [0.05, 0.1) is 19.2 Å². The topological polar surface area (TPSA) is 80.3 Å². The van der Waals surface area contributed by atoms with Gasteiger partial charge in [0.1, 0.15) is 6.10 Å². The van der Waals surface area contributed by atoms with Crippen LogP contribution in [0.4, 0.5) is 0 Å². The Morgan fingerprint density at radius 3 is 2.81 bits per heavy atom. The summed E-state index contributed by atoms with van der Waals surface area (Å²) >= 11 is 0. The first-order valence-electron chi connectivity index (χ1n) is 8.64. The van der Waals surface area contributed by atoms with Crippen LogP contribution in [0.3, 0.4) is 0 Å². The van der Waals surface area contributed by atoms with E-state index in [0.29, 0.717) is 23.9 Å². The van der Waals surface area contributed by atoms with Gasteiger partial charge in [0.15, 0.2) is 0 Å². The number of nitrogens with one attached hydrogen (secondary N) is 1. The van der Waals surface area contributed by atoms with Crippen LogP contribution < -0.4 is 9.47 Å². The van der Waals surface area contributed by atoms with Crippen LogP contribution in [0.1, 0.15) is 23.2 Å². The molecule has 7 heteroatoms. The minimum absolute atomic E-state index is 0.0246. The van der Waals surface area contributed by atoms with E-state index in [1.807, 2.05) is 29.2 Å². The molecule has 1 fully saturated rings. The molecule has 1 aliphatic rings. The molecule has 0 aliphatic carbocycles. The molecule has 4 rings (SSSR count). The van der Waals surface area contributed by atoms with Gasteiger partial charge in [-0.05, 0) is 18.9 Å². The van der Waals surface area contributed by atoms with Gasteiger partial charge < -0.3 is 19.4 Å². The molecule has 7 nitrogen and oxygen atoms in total. The van der Waals surface area contributed by atoms with E-state index >= 15 is 0 Å². The second kappa shape index (κ2) is 7.03. The second-order valence-electron chi connectivity index (χ2n) is 6.30. The third-order valence-corrected chi connectivity index (χ3v) is 4.60. The highest BCUT2D eigenvalue weighted by Crippen LogP contribution is 2.23. The number of rotatable bonds is 4. The van der Waals surface area contributed by atoms with Gasteiger partial charge in [-0.1, -0.05) is 18.2 Å². The van der Waals surface area contributed by atoms with Crippen molar-refractivity contribution in [2.75, 3.05) is 20.2 Å². The van der Waals surface area contributed by atoms with Crippen LogP contribution in [0.15, 0.2) is 42.6 Å². The monoisotopic (exact) mass is 352 g/mol. The molecule has 3 heterocycles. The lowest BCUT2D eigenvalue weighted by atomic mass is 10.1. The molecule has 1 amide bonds. The van der Waals surface area contributed by atoms with E-state index < -0.39 is 0 Å². The quantitative estimate of drug-likeness (QED) is 0.781. The fourth-order valence-electron chi connectivity index (χ4n) is 3.29. The van der Waals surface area contributed by atoms with Crippen molar-refractivity contribution in [3.63, 3.8) is 0 Å². The minimum Gasteiger partial charge on any atom is -0.480 e. The number of nitrogens with zero attached hydrogens (tertiary/aromatic N) is 3. The van der Waals surface area contributed by atoms with E-state index in [9.17, 15) is 4.79 Å². The van der Waals surface area contributed by atoms with Gasteiger partial charge in [-0.25, -0.2) is 0 Å². The zero-order valence-corrected chi connectivity index (χ0v) is 14.5. The molecule has 1 saturated heterocycles. The number of likely N-dealkylation sites (tertiary alicyclic amines) is 1. The molecule has 1 unspecified atom stereocenters. The first-order chi connectivity index (χ1) is 12.7. The van der Waals surface area contributed by atoms with Gasteiger partial charge in [0.25, 0.3) is 5.91 Å². The van der Waals surface area contributed by atoms with Gasteiger partial charge in [0.2, 0.25) is 11.8 Å². The van der Waals surface area contributed by atoms with Crippen LogP contribution in [-0.2, 0) is 0 Å². The second-order valence-corrected chi connectivity index (χ2v) is 6.30. The zero-order valence-electron chi connectivity index (χ0n) is 14.5. The Labute approximate surface area is 150 Å². The Balaban J connectivity index is 1.46. The van der Waals surface area contributed by atoms with Crippen molar-refractivity contribution in [2.45, 2.75) is 18.9 Å². The maximum atomic E-state index is 13.0. The van der Waals surface area contributed by atoms with Crippen LogP contribution in [0.2, 0.25) is 0 Å². The van der Waals surface area contributed by atoms with Crippen LogP contribution in [-0.4, -0.2) is 52.3 Å². The summed E-state index contributed by atoms with van der Waals surface area (Å²) in [6.45, 7) is 1.26. The molecule has 134 valence electrons. The predicted octanol–water partition coefficient (Wildman–Crippen LogP) is 2.65. The zero-order chi connectivity index (χ0) is 17.9. The molecule has 1 N–H and O–H groups in total. The summed E-state index contributed by atoms with van der Waals surface area (Å²) in [6.07, 6.45) is 3.46. The number of carbonyl (C=O) groups excluding carboxylic acids is 1. The van der Waals surface area contributed by atoms with Gasteiger partial charge in [-0.15, -0.1) is 10.2 Å². The maximum absolute atomic E-state index is 13.0. The van der Waals surface area contributed by atoms with E-state index in [4.69, 9.17) is 9.47 Å². The number of methoxy groups -OCH3 is 1. The molecule has 2 aromatic heterocycles.